The number of piperazine rings is 1. The molecule has 2 aliphatic heterocycles. The van der Waals surface area contributed by atoms with Crippen LogP contribution in [-0.4, -0.2) is 95.6 Å². The van der Waals surface area contributed by atoms with E-state index in [0.29, 0.717) is 43.4 Å². The van der Waals surface area contributed by atoms with Gasteiger partial charge in [0.1, 0.15) is 24.7 Å². The molecule has 0 aliphatic carbocycles. The second kappa shape index (κ2) is 16.0. The van der Waals surface area contributed by atoms with Crippen molar-refractivity contribution in [3.8, 4) is 11.8 Å². The van der Waals surface area contributed by atoms with Crippen molar-refractivity contribution in [3.63, 3.8) is 0 Å². The van der Waals surface area contributed by atoms with E-state index < -0.39 is 12.2 Å². The molecule has 11 heteroatoms. The molecule has 0 aromatic heterocycles. The number of nitriles is 1. The van der Waals surface area contributed by atoms with Crippen LogP contribution in [-0.2, 0) is 20.9 Å². The van der Waals surface area contributed by atoms with Crippen molar-refractivity contribution >= 4 is 29.3 Å². The average molecular weight is 606 g/mol. The topological polar surface area (TPSA) is 118 Å². The smallest absolute Gasteiger partial charge is 0.351 e. The summed E-state index contributed by atoms with van der Waals surface area (Å²) in [6.07, 6.45) is 1.17. The number of hydrogen-bond acceptors (Lipinski definition) is 10. The molecule has 0 bridgehead atoms. The maximum absolute atomic E-state index is 12.8. The summed E-state index contributed by atoms with van der Waals surface area (Å²) in [6.45, 7) is 10.3. The van der Waals surface area contributed by atoms with Crippen molar-refractivity contribution in [1.29, 1.82) is 5.26 Å². The maximum Gasteiger partial charge on any atom is 0.351 e. The quantitative estimate of drug-likeness (QED) is 0.152. The van der Waals surface area contributed by atoms with Crippen molar-refractivity contribution in [1.82, 2.24) is 14.7 Å². The summed E-state index contributed by atoms with van der Waals surface area (Å²) < 4.78 is 10.9. The molecule has 2 fully saturated rings. The highest BCUT2D eigenvalue weighted by Crippen LogP contribution is 2.41. The van der Waals surface area contributed by atoms with Crippen LogP contribution in [0.5, 0.6) is 5.75 Å². The number of rotatable bonds is 13. The Morgan fingerprint density at radius 3 is 2.63 bits per heavy atom. The Morgan fingerprint density at radius 1 is 1.16 bits per heavy atom. The minimum atomic E-state index is -0.844. The third-order valence-electron chi connectivity index (χ3n) is 7.31. The number of benzene rings is 2. The molecule has 2 saturated heterocycles. The zero-order chi connectivity index (χ0) is 30.6. The van der Waals surface area contributed by atoms with Gasteiger partial charge in [-0.2, -0.15) is 5.26 Å². The molecule has 2 aromatic rings. The Kier molecular flexibility index (Phi) is 11.9. The van der Waals surface area contributed by atoms with Crippen LogP contribution >= 0.6 is 11.8 Å². The van der Waals surface area contributed by atoms with E-state index in [-0.39, 0.29) is 29.9 Å². The molecular formula is C32H39N5O5S. The minimum Gasteiger partial charge on any atom is -0.484 e. The first kappa shape index (κ1) is 31.9. The molecule has 2 aromatic carbocycles. The number of carbonyl (C=O) groups excluding carboxylic acids is 2. The Hall–Kier alpha value is -3.98. The molecule has 2 aliphatic rings. The van der Waals surface area contributed by atoms with Gasteiger partial charge in [0.2, 0.25) is 0 Å². The first-order valence-electron chi connectivity index (χ1n) is 14.5. The third-order valence-corrected chi connectivity index (χ3v) is 8.75. The highest BCUT2D eigenvalue weighted by Gasteiger charge is 2.39. The van der Waals surface area contributed by atoms with Crippen molar-refractivity contribution in [3.05, 3.63) is 83.4 Å². The molecule has 1 amide bonds. The summed E-state index contributed by atoms with van der Waals surface area (Å²) in [4.78, 5) is 31.0. The molecule has 2 N–H and O–H groups in total. The number of aliphatic hydroxyl groups excluding tert-OH is 1. The monoisotopic (exact) mass is 605 g/mol. The number of amides is 1. The Morgan fingerprint density at radius 2 is 1.93 bits per heavy atom. The van der Waals surface area contributed by atoms with Gasteiger partial charge in [-0.1, -0.05) is 60.8 Å². The molecule has 0 spiro atoms. The van der Waals surface area contributed by atoms with Gasteiger partial charge in [-0.25, -0.2) is 4.79 Å². The van der Waals surface area contributed by atoms with Gasteiger partial charge in [0.15, 0.2) is 12.2 Å². The lowest BCUT2D eigenvalue weighted by Gasteiger charge is -2.34. The Labute approximate surface area is 257 Å². The zero-order valence-corrected chi connectivity index (χ0v) is 25.3. The summed E-state index contributed by atoms with van der Waals surface area (Å²) in [5.41, 5.74) is 1.99. The molecule has 0 saturated carbocycles. The van der Waals surface area contributed by atoms with E-state index in [9.17, 15) is 20.0 Å². The zero-order valence-electron chi connectivity index (χ0n) is 24.5. The number of carbonyl (C=O) groups is 2. The van der Waals surface area contributed by atoms with E-state index in [4.69, 9.17) is 9.47 Å². The molecule has 2 heterocycles. The fraction of sp³-hybridized carbons (Fsp3) is 0.406. The van der Waals surface area contributed by atoms with Gasteiger partial charge in [0.05, 0.1) is 10.3 Å². The van der Waals surface area contributed by atoms with Gasteiger partial charge in [-0.15, -0.1) is 0 Å². The van der Waals surface area contributed by atoms with Crippen molar-refractivity contribution in [2.24, 2.45) is 0 Å². The highest BCUT2D eigenvalue weighted by atomic mass is 32.2. The van der Waals surface area contributed by atoms with Gasteiger partial charge in [-0.05, 0) is 31.0 Å². The van der Waals surface area contributed by atoms with E-state index in [1.807, 2.05) is 60.4 Å². The van der Waals surface area contributed by atoms with Gasteiger partial charge < -0.3 is 29.7 Å². The predicted octanol–water partition coefficient (Wildman–Crippen LogP) is 3.43. The van der Waals surface area contributed by atoms with Crippen LogP contribution in [0, 0.1) is 11.3 Å². The Balaban J connectivity index is 1.23. The van der Waals surface area contributed by atoms with Crippen LogP contribution in [0.25, 0.3) is 0 Å². The molecule has 228 valence electrons. The summed E-state index contributed by atoms with van der Waals surface area (Å²) >= 11 is 1.31. The van der Waals surface area contributed by atoms with Gasteiger partial charge in [-0.3, -0.25) is 9.69 Å². The fourth-order valence-corrected chi connectivity index (χ4v) is 6.42. The summed E-state index contributed by atoms with van der Waals surface area (Å²) in [7, 11) is 0. The number of aliphatic hydroxyl groups is 1. The van der Waals surface area contributed by atoms with E-state index in [1.54, 1.807) is 4.90 Å². The first-order chi connectivity index (χ1) is 20.9. The number of esters is 1. The molecule has 10 nitrogen and oxygen atoms in total. The number of thioether (sulfide) groups is 1. The van der Waals surface area contributed by atoms with Crippen LogP contribution in [0.2, 0.25) is 0 Å². The van der Waals surface area contributed by atoms with E-state index in [0.717, 1.165) is 25.3 Å². The van der Waals surface area contributed by atoms with Crippen LogP contribution in [0.4, 0.5) is 5.69 Å². The lowest BCUT2D eigenvalue weighted by molar-refractivity contribution is -0.137. The molecule has 0 radical (unpaired) electrons. The van der Waals surface area contributed by atoms with Crippen LogP contribution in [0.15, 0.2) is 77.9 Å². The lowest BCUT2D eigenvalue weighted by Crippen LogP contribution is -2.49. The largest absolute Gasteiger partial charge is 0.484 e. The number of nitrogens with zero attached hydrogens (tertiary/aromatic N) is 4. The fourth-order valence-electron chi connectivity index (χ4n) is 5.01. The molecular weight excluding hydrogens is 566 g/mol. The minimum absolute atomic E-state index is 0.00706. The summed E-state index contributed by atoms with van der Waals surface area (Å²) in [5.74, 6) is -0.162. The normalized spacial score (nSPS) is 19.8. The number of ether oxygens (including phenoxy) is 2. The molecule has 43 heavy (non-hydrogen) atoms. The molecule has 2 atom stereocenters. The van der Waals surface area contributed by atoms with Crippen molar-refractivity contribution < 1.29 is 24.2 Å². The van der Waals surface area contributed by atoms with Gasteiger partial charge in [0.25, 0.3) is 5.91 Å². The standard InChI is InChI=1S/C32H39N5O5S/c1-3-19-41-32(40)27(21-33)31-37(4-2)30(39)28(43-31)13-14-34-25-11-8-12-26(20-25)42-23-29(38)36-17-15-35(16-18-36)22-24-9-6-5-7-10-24/h3,5-12,20,28,30,34,39H,1,4,13-19,22-23H2,2H3/b31-27-. The number of anilines is 1. The van der Waals surface area contributed by atoms with Gasteiger partial charge in [0, 0.05) is 57.6 Å². The van der Waals surface area contributed by atoms with Crippen LogP contribution in [0.3, 0.4) is 0 Å². The maximum atomic E-state index is 12.8. The predicted molar refractivity (Wildman–Crippen MR) is 167 cm³/mol. The highest BCUT2D eigenvalue weighted by molar-refractivity contribution is 8.04. The molecule has 2 unspecified atom stereocenters. The Bertz CT molecular complexity index is 1320. The van der Waals surface area contributed by atoms with E-state index >= 15 is 0 Å². The summed E-state index contributed by atoms with van der Waals surface area (Å²) in [5, 5.41) is 24.0. The van der Waals surface area contributed by atoms with E-state index in [1.165, 1.54) is 23.4 Å². The van der Waals surface area contributed by atoms with Crippen LogP contribution < -0.4 is 10.1 Å². The van der Waals surface area contributed by atoms with Crippen molar-refractivity contribution in [2.45, 2.75) is 31.4 Å². The van der Waals surface area contributed by atoms with Crippen molar-refractivity contribution in [2.75, 3.05) is 57.8 Å². The van der Waals surface area contributed by atoms with Crippen LogP contribution in [0.1, 0.15) is 18.9 Å². The lowest BCUT2D eigenvalue weighted by atomic mass is 10.2. The SMILES string of the molecule is C=CCOC(=O)/C(C#N)=C1\SC(CCNc2cccc(OCC(=O)N3CCN(Cc4ccccc4)CC3)c2)C(O)N1CC. The second-order valence-corrected chi connectivity index (χ2v) is 11.4. The number of nitrogens with one attached hydrogen (secondary N) is 1. The molecule has 4 rings (SSSR count). The second-order valence-electron chi connectivity index (χ2n) is 10.2. The van der Waals surface area contributed by atoms with E-state index in [2.05, 4.69) is 28.9 Å². The average Bonchev–Trinajstić information content (AvgIpc) is 3.34. The number of hydrogen-bond donors (Lipinski definition) is 2. The first-order valence-corrected chi connectivity index (χ1v) is 15.4. The van der Waals surface area contributed by atoms with Gasteiger partial charge >= 0.3 is 5.97 Å². The third kappa shape index (κ3) is 8.76. The summed E-state index contributed by atoms with van der Waals surface area (Å²) in [6, 6.07) is 19.7.